The van der Waals surface area contributed by atoms with E-state index >= 15 is 0 Å². The van der Waals surface area contributed by atoms with Gasteiger partial charge in [-0.05, 0) is 45.2 Å². The molecule has 174 valence electrons. The van der Waals surface area contributed by atoms with Crippen molar-refractivity contribution in [2.24, 2.45) is 0 Å². The summed E-state index contributed by atoms with van der Waals surface area (Å²) in [5, 5.41) is 4.69. The molecule has 0 atom stereocenters. The quantitative estimate of drug-likeness (QED) is 0.248. The van der Waals surface area contributed by atoms with Crippen molar-refractivity contribution in [3.63, 3.8) is 0 Å². The SMILES string of the molecule is c1ccc(-c2ccc(-c3ccccc3)c3cc4c(-c5ccccc5)oc(-c5ccccc5)c4cc23)cc1. The molecule has 37 heavy (non-hydrogen) atoms. The molecule has 0 aliphatic rings. The molecular weight excluding hydrogens is 448 g/mol. The Morgan fingerprint density at radius 3 is 0.973 bits per heavy atom. The zero-order valence-corrected chi connectivity index (χ0v) is 20.3. The largest absolute Gasteiger partial charge is 0.455 e. The van der Waals surface area contributed by atoms with Gasteiger partial charge in [-0.15, -0.1) is 0 Å². The molecule has 0 N–H and O–H groups in total. The molecule has 0 aliphatic heterocycles. The van der Waals surface area contributed by atoms with E-state index in [1.165, 1.54) is 33.0 Å². The predicted molar refractivity (Wildman–Crippen MR) is 155 cm³/mol. The van der Waals surface area contributed by atoms with Gasteiger partial charge in [-0.2, -0.15) is 0 Å². The lowest BCUT2D eigenvalue weighted by atomic mass is 9.89. The molecule has 0 unspecified atom stereocenters. The summed E-state index contributed by atoms with van der Waals surface area (Å²) in [6.07, 6.45) is 0. The third-order valence-corrected chi connectivity index (χ3v) is 7.09. The van der Waals surface area contributed by atoms with E-state index in [0.717, 1.165) is 33.4 Å². The van der Waals surface area contributed by atoms with Gasteiger partial charge in [0.1, 0.15) is 11.5 Å². The summed E-state index contributed by atoms with van der Waals surface area (Å²) in [7, 11) is 0. The van der Waals surface area contributed by atoms with Crippen LogP contribution in [-0.4, -0.2) is 0 Å². The normalized spacial score (nSPS) is 11.2. The molecule has 0 amide bonds. The minimum atomic E-state index is 0.903. The van der Waals surface area contributed by atoms with Gasteiger partial charge in [0.15, 0.2) is 0 Å². The summed E-state index contributed by atoms with van der Waals surface area (Å²) in [5.41, 5.74) is 7.01. The van der Waals surface area contributed by atoms with E-state index in [-0.39, 0.29) is 0 Å². The van der Waals surface area contributed by atoms with E-state index in [2.05, 4.69) is 133 Å². The van der Waals surface area contributed by atoms with E-state index < -0.39 is 0 Å². The molecule has 0 radical (unpaired) electrons. The monoisotopic (exact) mass is 472 g/mol. The fourth-order valence-corrected chi connectivity index (χ4v) is 5.33. The summed E-state index contributed by atoms with van der Waals surface area (Å²) in [6, 6.07) is 51.3. The zero-order chi connectivity index (χ0) is 24.6. The van der Waals surface area contributed by atoms with Crippen LogP contribution in [0.15, 0.2) is 150 Å². The molecule has 0 saturated heterocycles. The van der Waals surface area contributed by atoms with Gasteiger partial charge in [0, 0.05) is 21.9 Å². The van der Waals surface area contributed by atoms with Gasteiger partial charge in [-0.3, -0.25) is 0 Å². The lowest BCUT2D eigenvalue weighted by Gasteiger charge is -2.13. The maximum atomic E-state index is 6.70. The lowest BCUT2D eigenvalue weighted by molar-refractivity contribution is 0.602. The molecule has 1 aromatic heterocycles. The van der Waals surface area contributed by atoms with Crippen LogP contribution < -0.4 is 0 Å². The number of benzene rings is 6. The van der Waals surface area contributed by atoms with Crippen LogP contribution >= 0.6 is 0 Å². The maximum absolute atomic E-state index is 6.70. The van der Waals surface area contributed by atoms with E-state index in [9.17, 15) is 0 Å². The molecular formula is C36H24O. The van der Waals surface area contributed by atoms with Crippen LogP contribution in [0, 0.1) is 0 Å². The zero-order valence-electron chi connectivity index (χ0n) is 20.3. The Balaban J connectivity index is 1.62. The van der Waals surface area contributed by atoms with Crippen molar-refractivity contribution < 1.29 is 4.42 Å². The number of furan rings is 1. The van der Waals surface area contributed by atoms with Gasteiger partial charge in [-0.1, -0.05) is 133 Å². The van der Waals surface area contributed by atoms with Gasteiger partial charge in [-0.25, -0.2) is 0 Å². The second-order valence-corrected chi connectivity index (χ2v) is 9.33. The van der Waals surface area contributed by atoms with Crippen molar-refractivity contribution in [3.8, 4) is 44.9 Å². The van der Waals surface area contributed by atoms with Crippen LogP contribution in [0.1, 0.15) is 0 Å². The Morgan fingerprint density at radius 1 is 0.297 bits per heavy atom. The second kappa shape index (κ2) is 8.96. The summed E-state index contributed by atoms with van der Waals surface area (Å²) in [4.78, 5) is 0. The molecule has 0 bridgehead atoms. The van der Waals surface area contributed by atoms with Crippen LogP contribution in [0.3, 0.4) is 0 Å². The highest BCUT2D eigenvalue weighted by Gasteiger charge is 2.19. The number of fused-ring (bicyclic) bond motifs is 2. The van der Waals surface area contributed by atoms with E-state index in [1.807, 2.05) is 12.1 Å². The highest BCUT2D eigenvalue weighted by atomic mass is 16.3. The summed E-state index contributed by atoms with van der Waals surface area (Å²) in [6.45, 7) is 0. The smallest absolute Gasteiger partial charge is 0.142 e. The standard InChI is InChI=1S/C36H24O/c1-5-13-25(14-6-1)29-21-22-30(26-15-7-2-8-16-26)32-24-34-33(23-31(29)32)35(27-17-9-3-10-18-27)37-36(34)28-19-11-4-12-20-28/h1-24H. The summed E-state index contributed by atoms with van der Waals surface area (Å²) in [5.74, 6) is 1.81. The molecule has 0 saturated carbocycles. The number of hydrogen-bond acceptors (Lipinski definition) is 1. The second-order valence-electron chi connectivity index (χ2n) is 9.33. The van der Waals surface area contributed by atoms with Crippen molar-refractivity contribution in [2.45, 2.75) is 0 Å². The third-order valence-electron chi connectivity index (χ3n) is 7.09. The Hall–Kier alpha value is -4.88. The fraction of sp³-hybridized carbons (Fsp3) is 0. The number of hydrogen-bond donors (Lipinski definition) is 0. The van der Waals surface area contributed by atoms with E-state index in [0.29, 0.717) is 0 Å². The first-order valence-corrected chi connectivity index (χ1v) is 12.6. The Kier molecular flexibility index (Phi) is 5.19. The van der Waals surface area contributed by atoms with Gasteiger partial charge >= 0.3 is 0 Å². The predicted octanol–water partition coefficient (Wildman–Crippen LogP) is 10.3. The Morgan fingerprint density at radius 2 is 0.622 bits per heavy atom. The average molecular weight is 473 g/mol. The van der Waals surface area contributed by atoms with Gasteiger partial charge in [0.2, 0.25) is 0 Å². The first kappa shape index (κ1) is 21.4. The van der Waals surface area contributed by atoms with Crippen LogP contribution in [0.25, 0.3) is 66.4 Å². The summed E-state index contributed by atoms with van der Waals surface area (Å²) >= 11 is 0. The van der Waals surface area contributed by atoms with Crippen molar-refractivity contribution >= 4 is 21.5 Å². The first-order valence-electron chi connectivity index (χ1n) is 12.6. The number of rotatable bonds is 4. The Labute approximate surface area is 216 Å². The topological polar surface area (TPSA) is 13.1 Å². The highest BCUT2D eigenvalue weighted by Crippen LogP contribution is 2.44. The molecule has 0 aliphatic carbocycles. The molecule has 1 nitrogen and oxygen atoms in total. The van der Waals surface area contributed by atoms with Crippen LogP contribution in [-0.2, 0) is 0 Å². The molecule has 1 heterocycles. The molecule has 7 aromatic rings. The minimum absolute atomic E-state index is 0.903. The first-order chi connectivity index (χ1) is 18.4. The van der Waals surface area contributed by atoms with Crippen LogP contribution in [0.4, 0.5) is 0 Å². The highest BCUT2D eigenvalue weighted by molar-refractivity contribution is 6.15. The fourth-order valence-electron chi connectivity index (χ4n) is 5.33. The Bertz CT molecular complexity index is 1700. The molecule has 6 aromatic carbocycles. The third kappa shape index (κ3) is 3.73. The van der Waals surface area contributed by atoms with Crippen LogP contribution in [0.5, 0.6) is 0 Å². The van der Waals surface area contributed by atoms with Gasteiger partial charge in [0.25, 0.3) is 0 Å². The molecule has 0 fully saturated rings. The minimum Gasteiger partial charge on any atom is -0.455 e. The van der Waals surface area contributed by atoms with E-state index in [4.69, 9.17) is 4.42 Å². The average Bonchev–Trinajstić information content (AvgIpc) is 3.36. The van der Waals surface area contributed by atoms with Crippen LogP contribution in [0.2, 0.25) is 0 Å². The van der Waals surface area contributed by atoms with Crippen molar-refractivity contribution in [3.05, 3.63) is 146 Å². The van der Waals surface area contributed by atoms with Crippen molar-refractivity contribution in [2.75, 3.05) is 0 Å². The summed E-state index contributed by atoms with van der Waals surface area (Å²) < 4.78 is 6.70. The molecule has 0 spiro atoms. The van der Waals surface area contributed by atoms with Crippen molar-refractivity contribution in [1.29, 1.82) is 0 Å². The lowest BCUT2D eigenvalue weighted by Crippen LogP contribution is -1.87. The molecule has 7 rings (SSSR count). The van der Waals surface area contributed by atoms with Crippen molar-refractivity contribution in [1.82, 2.24) is 0 Å². The molecule has 1 heteroatoms. The van der Waals surface area contributed by atoms with E-state index in [1.54, 1.807) is 0 Å². The maximum Gasteiger partial charge on any atom is 0.142 e. The van der Waals surface area contributed by atoms with Gasteiger partial charge < -0.3 is 4.42 Å². The van der Waals surface area contributed by atoms with Gasteiger partial charge in [0.05, 0.1) is 0 Å².